The first-order valence-corrected chi connectivity index (χ1v) is 13.4. The van der Waals surface area contributed by atoms with Crippen molar-refractivity contribution >= 4 is 26.0 Å². The summed E-state index contributed by atoms with van der Waals surface area (Å²) < 4.78 is 62.0. The number of sulfonamides is 2. The second-order valence-corrected chi connectivity index (χ2v) is 12.1. The minimum absolute atomic E-state index is 0.0209. The fraction of sp³-hybridized carbons (Fsp3) is 0.667. The molecule has 0 aromatic heterocycles. The zero-order chi connectivity index (χ0) is 24.3. The molecule has 0 N–H and O–H groups in total. The van der Waals surface area contributed by atoms with Crippen LogP contribution in [-0.4, -0.2) is 62.2 Å². The lowest BCUT2D eigenvalue weighted by Gasteiger charge is -2.33. The third kappa shape index (κ3) is 5.85. The minimum atomic E-state index is -4.25. The van der Waals surface area contributed by atoms with E-state index in [0.29, 0.717) is 0 Å². The van der Waals surface area contributed by atoms with Gasteiger partial charge in [0.15, 0.2) is 0 Å². The van der Waals surface area contributed by atoms with Crippen LogP contribution >= 0.6 is 0 Å². The summed E-state index contributed by atoms with van der Waals surface area (Å²) in [6, 6.07) is 1.96. The highest BCUT2D eigenvalue weighted by molar-refractivity contribution is 7.92. The van der Waals surface area contributed by atoms with Crippen molar-refractivity contribution < 1.29 is 26.4 Å². The van der Waals surface area contributed by atoms with Gasteiger partial charge in [0.05, 0.1) is 12.2 Å². The van der Waals surface area contributed by atoms with Crippen molar-refractivity contribution in [3.05, 3.63) is 23.8 Å². The predicted molar refractivity (Wildman–Crippen MR) is 121 cm³/mol. The number of esters is 1. The van der Waals surface area contributed by atoms with Gasteiger partial charge in [-0.25, -0.2) is 21.6 Å². The SMILES string of the molecule is CCOC(=O)c1ccc(S(=O)(=O)N(C(C)C)C(C)C)c(S(=O)(=O)N(C(C)C)C(C)C)c1. The van der Waals surface area contributed by atoms with Gasteiger partial charge in [0, 0.05) is 24.2 Å². The van der Waals surface area contributed by atoms with Crippen molar-refractivity contribution in [2.24, 2.45) is 0 Å². The fourth-order valence-electron chi connectivity index (χ4n) is 3.79. The minimum Gasteiger partial charge on any atom is -0.462 e. The van der Waals surface area contributed by atoms with Gasteiger partial charge in [0.25, 0.3) is 0 Å². The van der Waals surface area contributed by atoms with E-state index in [2.05, 4.69) is 0 Å². The molecule has 0 aliphatic rings. The van der Waals surface area contributed by atoms with Gasteiger partial charge >= 0.3 is 5.97 Å². The maximum absolute atomic E-state index is 13.7. The number of rotatable bonds is 10. The molecule has 0 spiro atoms. The molecule has 0 unspecified atom stereocenters. The number of nitrogens with zero attached hydrogens (tertiary/aromatic N) is 2. The summed E-state index contributed by atoms with van der Waals surface area (Å²) in [5.74, 6) is -0.715. The normalized spacial score (nSPS) is 13.3. The van der Waals surface area contributed by atoms with Gasteiger partial charge in [0.2, 0.25) is 20.0 Å². The molecule has 8 nitrogen and oxygen atoms in total. The Morgan fingerprint density at radius 2 is 1.16 bits per heavy atom. The molecule has 1 aromatic rings. The molecule has 31 heavy (non-hydrogen) atoms. The van der Waals surface area contributed by atoms with Crippen LogP contribution in [0.5, 0.6) is 0 Å². The standard InChI is InChI=1S/C21H36N2O6S2/c1-10-29-21(24)18-11-12-19(30(25,26)22(14(2)3)15(4)5)20(13-18)31(27,28)23(16(6)7)17(8)9/h11-17H,10H2,1-9H3. The Balaban J connectivity index is 3.96. The first-order valence-electron chi connectivity index (χ1n) is 10.5. The quantitative estimate of drug-likeness (QED) is 0.479. The lowest BCUT2D eigenvalue weighted by Crippen LogP contribution is -2.44. The topological polar surface area (TPSA) is 101 Å². The van der Waals surface area contributed by atoms with Crippen LogP contribution < -0.4 is 0 Å². The van der Waals surface area contributed by atoms with Crippen LogP contribution in [0.4, 0.5) is 0 Å². The first-order chi connectivity index (χ1) is 14.1. The van der Waals surface area contributed by atoms with Crippen LogP contribution in [0.25, 0.3) is 0 Å². The summed E-state index contributed by atoms with van der Waals surface area (Å²) in [5, 5.41) is 0. The molecule has 0 heterocycles. The van der Waals surface area contributed by atoms with E-state index in [9.17, 15) is 21.6 Å². The van der Waals surface area contributed by atoms with Gasteiger partial charge in [-0.2, -0.15) is 8.61 Å². The molecule has 0 radical (unpaired) electrons. The van der Waals surface area contributed by atoms with Crippen LogP contribution in [0.15, 0.2) is 28.0 Å². The second kappa shape index (κ2) is 10.4. The van der Waals surface area contributed by atoms with E-state index < -0.39 is 55.1 Å². The summed E-state index contributed by atoms with van der Waals surface area (Å²) in [6.07, 6.45) is 0. The fourth-order valence-corrected chi connectivity index (χ4v) is 8.25. The third-order valence-electron chi connectivity index (χ3n) is 4.60. The lowest BCUT2D eigenvalue weighted by atomic mass is 10.2. The van der Waals surface area contributed by atoms with E-state index in [4.69, 9.17) is 4.74 Å². The molecule has 0 aliphatic carbocycles. The number of ether oxygens (including phenoxy) is 1. The molecular formula is C21H36N2O6S2. The Morgan fingerprint density at radius 1 is 0.774 bits per heavy atom. The molecule has 178 valence electrons. The van der Waals surface area contributed by atoms with Crippen LogP contribution in [0.1, 0.15) is 72.7 Å². The average molecular weight is 477 g/mol. The van der Waals surface area contributed by atoms with Crippen molar-refractivity contribution in [2.75, 3.05) is 6.61 Å². The van der Waals surface area contributed by atoms with Crippen molar-refractivity contribution in [3.8, 4) is 0 Å². The largest absolute Gasteiger partial charge is 0.462 e. The van der Waals surface area contributed by atoms with Gasteiger partial charge in [-0.05, 0) is 80.5 Å². The van der Waals surface area contributed by atoms with E-state index in [1.807, 2.05) is 0 Å². The monoisotopic (exact) mass is 476 g/mol. The summed E-state index contributed by atoms with van der Waals surface area (Å²) >= 11 is 0. The van der Waals surface area contributed by atoms with Crippen molar-refractivity contribution in [1.82, 2.24) is 8.61 Å². The summed E-state index contributed by atoms with van der Waals surface area (Å²) in [5.41, 5.74) is -0.0209. The number of carbonyl (C=O) groups is 1. The van der Waals surface area contributed by atoms with Gasteiger partial charge < -0.3 is 4.74 Å². The highest BCUT2D eigenvalue weighted by Gasteiger charge is 2.38. The molecule has 0 atom stereocenters. The highest BCUT2D eigenvalue weighted by Crippen LogP contribution is 2.32. The zero-order valence-corrected chi connectivity index (χ0v) is 21.5. The van der Waals surface area contributed by atoms with Crippen molar-refractivity contribution in [2.45, 2.75) is 96.3 Å². The van der Waals surface area contributed by atoms with Gasteiger partial charge in [0.1, 0.15) is 9.79 Å². The average Bonchev–Trinajstić information content (AvgIpc) is 2.59. The third-order valence-corrected chi connectivity index (χ3v) is 9.33. The van der Waals surface area contributed by atoms with Gasteiger partial charge in [-0.3, -0.25) is 0 Å². The zero-order valence-electron chi connectivity index (χ0n) is 19.9. The molecule has 0 amide bonds. The van der Waals surface area contributed by atoms with Crippen LogP contribution in [0, 0.1) is 0 Å². The van der Waals surface area contributed by atoms with Crippen LogP contribution in [0.3, 0.4) is 0 Å². The molecule has 1 rings (SSSR count). The van der Waals surface area contributed by atoms with E-state index >= 15 is 0 Å². The van der Waals surface area contributed by atoms with E-state index in [1.54, 1.807) is 62.3 Å². The van der Waals surface area contributed by atoms with Gasteiger partial charge in [-0.1, -0.05) is 0 Å². The maximum Gasteiger partial charge on any atom is 0.338 e. The molecule has 0 saturated carbocycles. The summed E-state index contributed by atoms with van der Waals surface area (Å²) in [4.78, 5) is 11.5. The number of hydrogen-bond acceptors (Lipinski definition) is 6. The Labute approximate surface area is 187 Å². The van der Waals surface area contributed by atoms with E-state index in [1.165, 1.54) is 20.7 Å². The van der Waals surface area contributed by atoms with Gasteiger partial charge in [-0.15, -0.1) is 0 Å². The maximum atomic E-state index is 13.7. The predicted octanol–water partition coefficient (Wildman–Crippen LogP) is 3.48. The van der Waals surface area contributed by atoms with Crippen molar-refractivity contribution in [3.63, 3.8) is 0 Å². The Bertz CT molecular complexity index is 967. The summed E-state index contributed by atoms with van der Waals surface area (Å²) in [7, 11) is -8.43. The molecule has 0 bridgehead atoms. The summed E-state index contributed by atoms with van der Waals surface area (Å²) in [6.45, 7) is 15.5. The molecule has 10 heteroatoms. The van der Waals surface area contributed by atoms with Crippen LogP contribution in [-0.2, 0) is 24.8 Å². The van der Waals surface area contributed by atoms with E-state index in [0.717, 1.165) is 6.07 Å². The first kappa shape index (κ1) is 27.5. The smallest absolute Gasteiger partial charge is 0.338 e. The molecule has 0 saturated heterocycles. The Morgan fingerprint density at radius 3 is 1.52 bits per heavy atom. The second-order valence-electron chi connectivity index (χ2n) is 8.43. The highest BCUT2D eigenvalue weighted by atomic mass is 32.2. The number of benzene rings is 1. The number of carbonyl (C=O) groups excluding carboxylic acids is 1. The molecule has 0 fully saturated rings. The Hall–Kier alpha value is -1.49. The Kier molecular flexibility index (Phi) is 9.26. The lowest BCUT2D eigenvalue weighted by molar-refractivity contribution is 0.0526. The van der Waals surface area contributed by atoms with E-state index in [-0.39, 0.29) is 17.1 Å². The number of hydrogen-bond donors (Lipinski definition) is 0. The molecule has 1 aromatic carbocycles. The van der Waals surface area contributed by atoms with Crippen molar-refractivity contribution in [1.29, 1.82) is 0 Å². The molecule has 0 aliphatic heterocycles. The van der Waals surface area contributed by atoms with Crippen LogP contribution in [0.2, 0.25) is 0 Å². The molecular weight excluding hydrogens is 440 g/mol.